The van der Waals surface area contributed by atoms with Gasteiger partial charge in [-0.1, -0.05) is 0 Å². The van der Waals surface area contributed by atoms with Gasteiger partial charge in [0, 0.05) is 25.9 Å². The van der Waals surface area contributed by atoms with Gasteiger partial charge >= 0.3 is 5.69 Å². The molecule has 0 spiro atoms. The summed E-state index contributed by atoms with van der Waals surface area (Å²) in [5.41, 5.74) is -0.0181. The molecule has 0 amide bonds. The molecule has 0 aromatic carbocycles. The summed E-state index contributed by atoms with van der Waals surface area (Å²) in [5, 5.41) is 12.6. The molecular weight excluding hydrogens is 180 g/mol. The first-order chi connectivity index (χ1) is 6.83. The van der Waals surface area contributed by atoms with Crippen molar-refractivity contribution in [2.24, 2.45) is 0 Å². The van der Waals surface area contributed by atoms with Crippen LogP contribution in [0.3, 0.4) is 0 Å². The molecule has 0 fully saturated rings. The Morgan fingerprint density at radius 2 is 2.43 bits per heavy atom. The minimum absolute atomic E-state index is 0.0181. The molecule has 0 bridgehead atoms. The number of aryl methyl sites for hydroxylation is 2. The molecule has 1 aromatic heterocycles. The van der Waals surface area contributed by atoms with Crippen LogP contribution in [0.25, 0.3) is 0 Å². The first kappa shape index (κ1) is 9.00. The molecule has 74 valence electrons. The standard InChI is InChI=1S/C9H12N4O/c10-5-1-2-7-13-9(14)12-6-3-4-8(12)11-13/h1-4,6-7H2. The van der Waals surface area contributed by atoms with Crippen molar-refractivity contribution in [3.05, 3.63) is 16.3 Å². The van der Waals surface area contributed by atoms with Crippen molar-refractivity contribution in [2.75, 3.05) is 0 Å². The number of nitriles is 1. The molecule has 0 N–H and O–H groups in total. The van der Waals surface area contributed by atoms with Crippen LogP contribution in [-0.2, 0) is 19.5 Å². The van der Waals surface area contributed by atoms with E-state index in [2.05, 4.69) is 11.2 Å². The molecule has 0 aliphatic carbocycles. The Morgan fingerprint density at radius 1 is 1.57 bits per heavy atom. The van der Waals surface area contributed by atoms with Crippen molar-refractivity contribution >= 4 is 0 Å². The van der Waals surface area contributed by atoms with Crippen molar-refractivity contribution < 1.29 is 0 Å². The molecule has 14 heavy (non-hydrogen) atoms. The maximum atomic E-state index is 11.6. The number of hydrogen-bond acceptors (Lipinski definition) is 3. The van der Waals surface area contributed by atoms with Crippen molar-refractivity contribution in [2.45, 2.75) is 38.8 Å². The fourth-order valence-corrected chi connectivity index (χ4v) is 1.74. The number of rotatable bonds is 3. The maximum absolute atomic E-state index is 11.6. The highest BCUT2D eigenvalue weighted by molar-refractivity contribution is 4.93. The van der Waals surface area contributed by atoms with Crippen LogP contribution in [0.15, 0.2) is 4.79 Å². The summed E-state index contributed by atoms with van der Waals surface area (Å²) in [6.07, 6.45) is 3.11. The van der Waals surface area contributed by atoms with Crippen LogP contribution in [0.2, 0.25) is 0 Å². The van der Waals surface area contributed by atoms with Crippen molar-refractivity contribution in [1.29, 1.82) is 5.26 Å². The van der Waals surface area contributed by atoms with Gasteiger partial charge in [0.15, 0.2) is 0 Å². The number of unbranched alkanes of at least 4 members (excludes halogenated alkanes) is 1. The van der Waals surface area contributed by atoms with E-state index < -0.39 is 0 Å². The van der Waals surface area contributed by atoms with Crippen molar-refractivity contribution in [3.63, 3.8) is 0 Å². The van der Waals surface area contributed by atoms with Crippen LogP contribution in [0.5, 0.6) is 0 Å². The smallest absolute Gasteiger partial charge is 0.279 e. The van der Waals surface area contributed by atoms with Gasteiger partial charge in [-0.2, -0.15) is 10.4 Å². The topological polar surface area (TPSA) is 63.6 Å². The van der Waals surface area contributed by atoms with E-state index in [0.29, 0.717) is 19.4 Å². The van der Waals surface area contributed by atoms with Gasteiger partial charge in [0.1, 0.15) is 5.82 Å². The Labute approximate surface area is 81.6 Å². The maximum Gasteiger partial charge on any atom is 0.345 e. The van der Waals surface area contributed by atoms with Crippen LogP contribution in [0, 0.1) is 11.3 Å². The second-order valence-corrected chi connectivity index (χ2v) is 3.44. The first-order valence-electron chi connectivity index (χ1n) is 4.86. The molecule has 1 aliphatic rings. The molecule has 5 heteroatoms. The third kappa shape index (κ3) is 1.43. The zero-order valence-corrected chi connectivity index (χ0v) is 7.94. The van der Waals surface area contributed by atoms with Gasteiger partial charge in [-0.05, 0) is 12.8 Å². The molecule has 5 nitrogen and oxygen atoms in total. The summed E-state index contributed by atoms with van der Waals surface area (Å²) in [6.45, 7) is 1.36. The van der Waals surface area contributed by atoms with Gasteiger partial charge in [-0.3, -0.25) is 4.57 Å². The van der Waals surface area contributed by atoms with Gasteiger partial charge < -0.3 is 0 Å². The second kappa shape index (κ2) is 3.66. The van der Waals surface area contributed by atoms with Gasteiger partial charge in [-0.15, -0.1) is 0 Å². The highest BCUT2D eigenvalue weighted by Gasteiger charge is 2.17. The molecule has 2 heterocycles. The summed E-state index contributed by atoms with van der Waals surface area (Å²) in [6, 6.07) is 2.06. The predicted molar refractivity (Wildman–Crippen MR) is 49.7 cm³/mol. The molecule has 1 aliphatic heterocycles. The highest BCUT2D eigenvalue weighted by Crippen LogP contribution is 2.08. The van der Waals surface area contributed by atoms with Crippen LogP contribution in [0.1, 0.15) is 25.1 Å². The lowest BCUT2D eigenvalue weighted by Gasteiger charge is -1.95. The molecule has 0 saturated heterocycles. The van der Waals surface area contributed by atoms with Crippen molar-refractivity contribution in [3.8, 4) is 6.07 Å². The summed E-state index contributed by atoms with van der Waals surface area (Å²) in [4.78, 5) is 11.6. The Hall–Kier alpha value is -1.57. The highest BCUT2D eigenvalue weighted by atomic mass is 16.2. The number of aromatic nitrogens is 3. The molecule has 0 saturated carbocycles. The van der Waals surface area contributed by atoms with E-state index in [0.717, 1.165) is 25.2 Å². The third-order valence-corrected chi connectivity index (χ3v) is 2.44. The Bertz CT molecular complexity index is 423. The lowest BCUT2D eigenvalue weighted by Crippen LogP contribution is -2.24. The monoisotopic (exact) mass is 192 g/mol. The van der Waals surface area contributed by atoms with Crippen LogP contribution in [-0.4, -0.2) is 14.3 Å². The second-order valence-electron chi connectivity index (χ2n) is 3.44. The minimum atomic E-state index is -0.0181. The minimum Gasteiger partial charge on any atom is -0.279 e. The number of nitrogens with zero attached hydrogens (tertiary/aromatic N) is 4. The number of hydrogen-bond donors (Lipinski definition) is 0. The predicted octanol–water partition coefficient (Wildman–Crippen LogP) is 0.295. The van der Waals surface area contributed by atoms with E-state index >= 15 is 0 Å². The van der Waals surface area contributed by atoms with Gasteiger partial charge in [0.2, 0.25) is 0 Å². The van der Waals surface area contributed by atoms with Gasteiger partial charge in [-0.25, -0.2) is 9.48 Å². The fourth-order valence-electron chi connectivity index (χ4n) is 1.74. The normalized spacial score (nSPS) is 13.9. The third-order valence-electron chi connectivity index (χ3n) is 2.44. The van der Waals surface area contributed by atoms with Gasteiger partial charge in [0.05, 0.1) is 6.07 Å². The zero-order chi connectivity index (χ0) is 9.97. The zero-order valence-electron chi connectivity index (χ0n) is 7.94. The SMILES string of the molecule is N#CCCCn1nc2n(c1=O)CCC2. The first-order valence-corrected chi connectivity index (χ1v) is 4.86. The van der Waals surface area contributed by atoms with Crippen molar-refractivity contribution in [1.82, 2.24) is 14.3 Å². The summed E-state index contributed by atoms with van der Waals surface area (Å²) >= 11 is 0. The van der Waals surface area contributed by atoms with Crippen LogP contribution < -0.4 is 5.69 Å². The van der Waals surface area contributed by atoms with E-state index in [9.17, 15) is 4.79 Å². The lowest BCUT2D eigenvalue weighted by molar-refractivity contribution is 0.544. The quantitative estimate of drug-likeness (QED) is 0.647. The summed E-state index contributed by atoms with van der Waals surface area (Å²) in [7, 11) is 0. The van der Waals surface area contributed by atoms with Gasteiger partial charge in [0.25, 0.3) is 0 Å². The largest absolute Gasteiger partial charge is 0.345 e. The lowest BCUT2D eigenvalue weighted by atomic mass is 10.3. The van der Waals surface area contributed by atoms with E-state index in [-0.39, 0.29) is 5.69 Å². The summed E-state index contributed by atoms with van der Waals surface area (Å²) < 4.78 is 3.21. The Kier molecular flexibility index (Phi) is 2.35. The molecule has 0 unspecified atom stereocenters. The Balaban J connectivity index is 2.13. The molecule has 0 radical (unpaired) electrons. The molecule has 2 rings (SSSR count). The Morgan fingerprint density at radius 3 is 3.14 bits per heavy atom. The molecule has 0 atom stereocenters. The average Bonchev–Trinajstić information content (AvgIpc) is 2.72. The number of fused-ring (bicyclic) bond motifs is 1. The van der Waals surface area contributed by atoms with E-state index in [1.54, 1.807) is 4.57 Å². The van der Waals surface area contributed by atoms with Crippen LogP contribution >= 0.6 is 0 Å². The average molecular weight is 192 g/mol. The molecular formula is C9H12N4O. The van der Waals surface area contributed by atoms with E-state index in [4.69, 9.17) is 5.26 Å². The molecule has 1 aromatic rings. The summed E-state index contributed by atoms with van der Waals surface area (Å²) in [5.74, 6) is 0.895. The van der Waals surface area contributed by atoms with E-state index in [1.165, 1.54) is 4.68 Å². The fraction of sp³-hybridized carbons (Fsp3) is 0.667. The van der Waals surface area contributed by atoms with E-state index in [1.807, 2.05) is 0 Å². The van der Waals surface area contributed by atoms with Crippen LogP contribution in [0.4, 0.5) is 0 Å².